The van der Waals surface area contributed by atoms with E-state index in [4.69, 9.17) is 4.74 Å². The topological polar surface area (TPSA) is 34.1 Å². The lowest BCUT2D eigenvalue weighted by molar-refractivity contribution is 0.299. The summed E-state index contributed by atoms with van der Waals surface area (Å²) in [6.45, 7) is 3.17. The molecule has 1 aromatic carbocycles. The van der Waals surface area contributed by atoms with Crippen molar-refractivity contribution in [3.05, 3.63) is 54.0 Å². The van der Waals surface area contributed by atoms with Gasteiger partial charge < -0.3 is 10.1 Å². The van der Waals surface area contributed by atoms with Crippen molar-refractivity contribution in [2.45, 2.75) is 20.0 Å². The van der Waals surface area contributed by atoms with Gasteiger partial charge in [0.1, 0.15) is 24.0 Å². The van der Waals surface area contributed by atoms with Gasteiger partial charge in [-0.2, -0.15) is 0 Å². The summed E-state index contributed by atoms with van der Waals surface area (Å²) in [5, 5.41) is 3.18. The molecule has 0 aliphatic carbocycles. The van der Waals surface area contributed by atoms with Gasteiger partial charge >= 0.3 is 0 Å². The number of pyridine rings is 1. The Balaban J connectivity index is 1.98. The van der Waals surface area contributed by atoms with E-state index in [2.05, 4.69) is 17.2 Å². The minimum Gasteiger partial charge on any atom is -0.489 e. The molecule has 0 radical (unpaired) electrons. The van der Waals surface area contributed by atoms with Gasteiger partial charge in [-0.3, -0.25) is 0 Å². The fourth-order valence-corrected chi connectivity index (χ4v) is 1.63. The number of nitrogens with one attached hydrogen (secondary N) is 1. The molecular formula is C15H17FN2O. The third-order valence-corrected chi connectivity index (χ3v) is 2.64. The van der Waals surface area contributed by atoms with E-state index >= 15 is 0 Å². The second-order valence-corrected chi connectivity index (χ2v) is 4.18. The predicted molar refractivity (Wildman–Crippen MR) is 73.7 cm³/mol. The molecule has 0 spiro atoms. The van der Waals surface area contributed by atoms with Crippen LogP contribution in [0, 0.1) is 5.82 Å². The van der Waals surface area contributed by atoms with Gasteiger partial charge in [0.25, 0.3) is 0 Å². The van der Waals surface area contributed by atoms with E-state index in [0.29, 0.717) is 11.3 Å². The summed E-state index contributed by atoms with van der Waals surface area (Å²) in [7, 11) is 0. The third-order valence-electron chi connectivity index (χ3n) is 2.64. The number of benzene rings is 1. The number of aromatic nitrogens is 1. The fourth-order valence-electron chi connectivity index (χ4n) is 1.63. The first-order valence-electron chi connectivity index (χ1n) is 6.35. The van der Waals surface area contributed by atoms with E-state index in [9.17, 15) is 4.39 Å². The Morgan fingerprint density at radius 3 is 2.89 bits per heavy atom. The van der Waals surface area contributed by atoms with Crippen molar-refractivity contribution in [1.82, 2.24) is 4.98 Å². The lowest BCUT2D eigenvalue weighted by Gasteiger charge is -2.09. The first-order chi connectivity index (χ1) is 9.29. The molecule has 0 aliphatic rings. The molecule has 1 heterocycles. The Morgan fingerprint density at radius 1 is 1.26 bits per heavy atom. The van der Waals surface area contributed by atoms with Crippen LogP contribution in [0.15, 0.2) is 42.6 Å². The second-order valence-electron chi connectivity index (χ2n) is 4.18. The van der Waals surface area contributed by atoms with E-state index < -0.39 is 0 Å². The highest BCUT2D eigenvalue weighted by Crippen LogP contribution is 2.17. The van der Waals surface area contributed by atoms with Crippen LogP contribution in [0.4, 0.5) is 10.2 Å². The van der Waals surface area contributed by atoms with E-state index in [1.54, 1.807) is 30.5 Å². The highest BCUT2D eigenvalue weighted by Gasteiger charge is 2.02. The molecule has 0 fully saturated rings. The molecule has 0 amide bonds. The standard InChI is InChI=1S/C15H17FN2O/c1-2-8-17-15-10-13(7-9-18-15)19-11-12-5-3-4-6-14(12)16/h3-7,9-10H,2,8,11H2,1H3,(H,17,18). The summed E-state index contributed by atoms with van der Waals surface area (Å²) in [5.74, 6) is 1.20. The maximum atomic E-state index is 13.4. The van der Waals surface area contributed by atoms with Crippen LogP contribution in [0.1, 0.15) is 18.9 Å². The van der Waals surface area contributed by atoms with Crippen LogP contribution in [-0.2, 0) is 6.61 Å². The van der Waals surface area contributed by atoms with Crippen LogP contribution in [0.25, 0.3) is 0 Å². The van der Waals surface area contributed by atoms with E-state index in [0.717, 1.165) is 18.8 Å². The lowest BCUT2D eigenvalue weighted by atomic mass is 10.2. The number of hydrogen-bond donors (Lipinski definition) is 1. The van der Waals surface area contributed by atoms with Gasteiger partial charge in [-0.15, -0.1) is 0 Å². The van der Waals surface area contributed by atoms with E-state index in [1.807, 2.05) is 6.07 Å². The molecule has 0 unspecified atom stereocenters. The number of nitrogens with zero attached hydrogens (tertiary/aromatic N) is 1. The minimum absolute atomic E-state index is 0.212. The Bertz CT molecular complexity index is 531. The molecule has 0 saturated carbocycles. The summed E-state index contributed by atoms with van der Waals surface area (Å²) in [4.78, 5) is 4.18. The largest absolute Gasteiger partial charge is 0.489 e. The Labute approximate surface area is 112 Å². The van der Waals surface area contributed by atoms with Crippen molar-refractivity contribution < 1.29 is 9.13 Å². The van der Waals surface area contributed by atoms with Gasteiger partial charge in [0.05, 0.1) is 0 Å². The molecule has 2 aromatic rings. The molecule has 100 valence electrons. The monoisotopic (exact) mass is 260 g/mol. The molecule has 0 bridgehead atoms. The van der Waals surface area contributed by atoms with Crippen molar-refractivity contribution in [2.24, 2.45) is 0 Å². The summed E-state index contributed by atoms with van der Waals surface area (Å²) in [5.41, 5.74) is 0.544. The highest BCUT2D eigenvalue weighted by molar-refractivity contribution is 5.40. The Kier molecular flexibility index (Phi) is 4.72. The SMILES string of the molecule is CCCNc1cc(OCc2ccccc2F)ccn1. The van der Waals surface area contributed by atoms with Crippen molar-refractivity contribution in [1.29, 1.82) is 0 Å². The highest BCUT2D eigenvalue weighted by atomic mass is 19.1. The molecule has 0 aliphatic heterocycles. The van der Waals surface area contributed by atoms with Gasteiger partial charge in [-0.05, 0) is 18.6 Å². The van der Waals surface area contributed by atoms with E-state index in [1.165, 1.54) is 6.07 Å². The van der Waals surface area contributed by atoms with Crippen molar-refractivity contribution in [3.63, 3.8) is 0 Å². The average Bonchev–Trinajstić information content (AvgIpc) is 2.45. The summed E-state index contributed by atoms with van der Waals surface area (Å²) < 4.78 is 19.0. The van der Waals surface area contributed by atoms with Crippen LogP contribution in [0.2, 0.25) is 0 Å². The summed E-state index contributed by atoms with van der Waals surface area (Å²) in [6, 6.07) is 10.2. The number of anilines is 1. The zero-order valence-corrected chi connectivity index (χ0v) is 10.9. The summed E-state index contributed by atoms with van der Waals surface area (Å²) in [6.07, 6.45) is 2.71. The summed E-state index contributed by atoms with van der Waals surface area (Å²) >= 11 is 0. The Morgan fingerprint density at radius 2 is 2.11 bits per heavy atom. The number of halogens is 1. The average molecular weight is 260 g/mol. The zero-order valence-electron chi connectivity index (χ0n) is 10.9. The first-order valence-corrected chi connectivity index (χ1v) is 6.35. The van der Waals surface area contributed by atoms with Gasteiger partial charge in [0.2, 0.25) is 0 Å². The van der Waals surface area contributed by atoms with Crippen molar-refractivity contribution >= 4 is 5.82 Å². The zero-order chi connectivity index (χ0) is 13.5. The molecule has 3 nitrogen and oxygen atoms in total. The predicted octanol–water partition coefficient (Wildman–Crippen LogP) is 3.62. The van der Waals surface area contributed by atoms with Crippen LogP contribution >= 0.6 is 0 Å². The number of ether oxygens (including phenoxy) is 1. The van der Waals surface area contributed by atoms with Gasteiger partial charge in [-0.25, -0.2) is 9.37 Å². The lowest BCUT2D eigenvalue weighted by Crippen LogP contribution is -2.03. The molecule has 0 atom stereocenters. The molecule has 1 aromatic heterocycles. The molecule has 2 rings (SSSR count). The number of rotatable bonds is 6. The van der Waals surface area contributed by atoms with Crippen molar-refractivity contribution in [2.75, 3.05) is 11.9 Å². The number of hydrogen-bond acceptors (Lipinski definition) is 3. The maximum Gasteiger partial charge on any atom is 0.129 e. The first kappa shape index (κ1) is 13.3. The molecule has 1 N–H and O–H groups in total. The minimum atomic E-state index is -0.249. The van der Waals surface area contributed by atoms with Gasteiger partial charge in [0.15, 0.2) is 0 Å². The third kappa shape index (κ3) is 3.95. The quantitative estimate of drug-likeness (QED) is 0.861. The molecular weight excluding hydrogens is 243 g/mol. The van der Waals surface area contributed by atoms with Gasteiger partial charge in [0, 0.05) is 24.4 Å². The molecule has 19 heavy (non-hydrogen) atoms. The van der Waals surface area contributed by atoms with Crippen LogP contribution in [0.3, 0.4) is 0 Å². The van der Waals surface area contributed by atoms with Crippen LogP contribution < -0.4 is 10.1 Å². The Hall–Kier alpha value is -2.10. The fraction of sp³-hybridized carbons (Fsp3) is 0.267. The van der Waals surface area contributed by atoms with Crippen LogP contribution in [-0.4, -0.2) is 11.5 Å². The maximum absolute atomic E-state index is 13.4. The van der Waals surface area contributed by atoms with Crippen molar-refractivity contribution in [3.8, 4) is 5.75 Å². The molecule has 0 saturated heterocycles. The van der Waals surface area contributed by atoms with Gasteiger partial charge in [-0.1, -0.05) is 25.1 Å². The van der Waals surface area contributed by atoms with E-state index in [-0.39, 0.29) is 12.4 Å². The molecule has 4 heteroatoms. The smallest absolute Gasteiger partial charge is 0.129 e. The second kappa shape index (κ2) is 6.73. The van der Waals surface area contributed by atoms with Crippen LogP contribution in [0.5, 0.6) is 5.75 Å². The normalized spacial score (nSPS) is 10.2.